The molecule has 2 amide bonds. The molecule has 1 aliphatic rings. The molecule has 0 bridgehead atoms. The van der Waals surface area contributed by atoms with Crippen LogP contribution in [0.4, 0.5) is 11.4 Å². The van der Waals surface area contributed by atoms with Gasteiger partial charge in [0.2, 0.25) is 5.91 Å². The Kier molecular flexibility index (Phi) is 5.71. The quantitative estimate of drug-likeness (QED) is 0.822. The minimum absolute atomic E-state index is 0.0474. The molecule has 0 atom stereocenters. The van der Waals surface area contributed by atoms with Gasteiger partial charge in [-0.25, -0.2) is 0 Å². The zero-order chi connectivity index (χ0) is 19.4. The summed E-state index contributed by atoms with van der Waals surface area (Å²) in [5.74, 6) is 0.777. The minimum atomic E-state index is -0.262. The third kappa shape index (κ3) is 4.62. The summed E-state index contributed by atoms with van der Waals surface area (Å²) in [6.45, 7) is 0.972. The number of nitrogens with one attached hydrogen (secondary N) is 2. The van der Waals surface area contributed by atoms with Crippen LogP contribution in [0.3, 0.4) is 0 Å². The number of anilines is 2. The molecule has 0 spiro atoms. The Morgan fingerprint density at radius 3 is 2.33 bits per heavy atom. The molecule has 7 nitrogen and oxygen atoms in total. The van der Waals surface area contributed by atoms with Gasteiger partial charge in [-0.2, -0.15) is 0 Å². The Morgan fingerprint density at radius 2 is 1.70 bits per heavy atom. The van der Waals surface area contributed by atoms with Gasteiger partial charge in [-0.1, -0.05) is 11.6 Å². The van der Waals surface area contributed by atoms with Crippen LogP contribution in [-0.4, -0.2) is 50.6 Å². The summed E-state index contributed by atoms with van der Waals surface area (Å²) in [6.07, 6.45) is 0. The molecule has 1 aliphatic heterocycles. The monoisotopic (exact) mass is 389 g/mol. The molecule has 142 valence electrons. The van der Waals surface area contributed by atoms with E-state index < -0.39 is 0 Å². The van der Waals surface area contributed by atoms with Gasteiger partial charge in [0, 0.05) is 37.5 Å². The van der Waals surface area contributed by atoms with E-state index in [9.17, 15) is 9.59 Å². The summed E-state index contributed by atoms with van der Waals surface area (Å²) in [4.78, 5) is 25.6. The van der Waals surface area contributed by atoms with E-state index in [1.165, 1.54) is 4.90 Å². The average Bonchev–Trinajstić information content (AvgIpc) is 2.66. The van der Waals surface area contributed by atoms with Crippen molar-refractivity contribution >= 4 is 34.8 Å². The zero-order valence-electron chi connectivity index (χ0n) is 15.0. The van der Waals surface area contributed by atoms with Gasteiger partial charge >= 0.3 is 0 Å². The van der Waals surface area contributed by atoms with Crippen LogP contribution in [0.1, 0.15) is 10.4 Å². The second kappa shape index (κ2) is 8.18. The fraction of sp³-hybridized carbons (Fsp3) is 0.263. The van der Waals surface area contributed by atoms with Gasteiger partial charge in [-0.05, 0) is 24.3 Å². The third-order valence-electron chi connectivity index (χ3n) is 3.90. The van der Waals surface area contributed by atoms with Crippen molar-refractivity contribution in [2.45, 2.75) is 0 Å². The van der Waals surface area contributed by atoms with E-state index >= 15 is 0 Å². The summed E-state index contributed by atoms with van der Waals surface area (Å²) in [7, 11) is 3.39. The predicted molar refractivity (Wildman–Crippen MR) is 104 cm³/mol. The number of carbonyl (C=O) groups excluding carboxylic acids is 2. The number of hydrogen-bond donors (Lipinski definition) is 2. The Hall–Kier alpha value is -2.93. The summed E-state index contributed by atoms with van der Waals surface area (Å²) in [6, 6.07) is 10.2. The fourth-order valence-corrected chi connectivity index (χ4v) is 2.73. The molecule has 8 heteroatoms. The molecule has 0 aromatic heterocycles. The Bertz CT molecular complexity index is 853. The van der Waals surface area contributed by atoms with E-state index in [-0.39, 0.29) is 18.4 Å². The van der Waals surface area contributed by atoms with E-state index in [2.05, 4.69) is 10.6 Å². The lowest BCUT2D eigenvalue weighted by atomic mass is 10.2. The first kappa shape index (κ1) is 18.8. The number of carbonyl (C=O) groups is 2. The lowest BCUT2D eigenvalue weighted by molar-refractivity contribution is -0.114. The molecule has 2 N–H and O–H groups in total. The number of halogens is 1. The number of benzene rings is 2. The van der Waals surface area contributed by atoms with Crippen molar-refractivity contribution in [3.05, 3.63) is 47.0 Å². The highest BCUT2D eigenvalue weighted by Gasteiger charge is 2.16. The number of fused-ring (bicyclic) bond motifs is 1. The topological polar surface area (TPSA) is 79.9 Å². The number of rotatable bonds is 5. The molecular formula is C19H20ClN3O4. The van der Waals surface area contributed by atoms with Crippen LogP contribution < -0.4 is 20.1 Å². The molecule has 27 heavy (non-hydrogen) atoms. The number of nitrogens with zero attached hydrogens (tertiary/aromatic N) is 1. The molecule has 2 aromatic carbocycles. The second-order valence-electron chi connectivity index (χ2n) is 6.15. The molecular weight excluding hydrogens is 370 g/mol. The highest BCUT2D eigenvalue weighted by atomic mass is 35.5. The summed E-state index contributed by atoms with van der Waals surface area (Å²) < 4.78 is 10.9. The van der Waals surface area contributed by atoms with Gasteiger partial charge in [-0.3, -0.25) is 9.59 Å². The molecule has 0 radical (unpaired) electrons. The molecule has 0 saturated carbocycles. The van der Waals surface area contributed by atoms with Crippen molar-refractivity contribution < 1.29 is 19.1 Å². The van der Waals surface area contributed by atoms with Crippen molar-refractivity contribution in [1.29, 1.82) is 0 Å². The maximum Gasteiger partial charge on any atom is 0.253 e. The molecule has 2 aromatic rings. The first-order valence-electron chi connectivity index (χ1n) is 8.38. The standard InChI is InChI=1S/C19H20ClN3O4/c1-23(2)19(25)12-3-5-13(6-4-12)21-11-18(24)22-15-10-17-16(9-14(15)20)26-7-8-27-17/h3-6,9-10,21H,7-8,11H2,1-2H3,(H,22,24). The Balaban J connectivity index is 1.58. The van der Waals surface area contributed by atoms with Crippen molar-refractivity contribution in [2.24, 2.45) is 0 Å². The normalized spacial score (nSPS) is 12.3. The number of ether oxygens (including phenoxy) is 2. The largest absolute Gasteiger partial charge is 0.486 e. The smallest absolute Gasteiger partial charge is 0.253 e. The lowest BCUT2D eigenvalue weighted by Gasteiger charge is -2.20. The Morgan fingerprint density at radius 1 is 1.07 bits per heavy atom. The average molecular weight is 390 g/mol. The van der Waals surface area contributed by atoms with Crippen LogP contribution >= 0.6 is 11.6 Å². The van der Waals surface area contributed by atoms with Crippen molar-refractivity contribution in [3.8, 4) is 11.5 Å². The predicted octanol–water partition coefficient (Wildman–Crippen LogP) is 2.86. The molecule has 1 heterocycles. The van der Waals surface area contributed by atoms with Crippen LogP contribution in [0.2, 0.25) is 5.02 Å². The van der Waals surface area contributed by atoms with Gasteiger partial charge in [0.25, 0.3) is 5.91 Å². The molecule has 3 rings (SSSR count). The molecule has 0 saturated heterocycles. The summed E-state index contributed by atoms with van der Waals surface area (Å²) >= 11 is 6.19. The highest BCUT2D eigenvalue weighted by molar-refractivity contribution is 6.34. The van der Waals surface area contributed by atoms with Crippen molar-refractivity contribution in [3.63, 3.8) is 0 Å². The first-order valence-corrected chi connectivity index (χ1v) is 8.76. The van der Waals surface area contributed by atoms with Crippen molar-refractivity contribution in [1.82, 2.24) is 4.90 Å². The molecule has 0 aliphatic carbocycles. The summed E-state index contributed by atoms with van der Waals surface area (Å²) in [5, 5.41) is 6.13. The van der Waals surface area contributed by atoms with Crippen LogP contribution in [0.25, 0.3) is 0 Å². The minimum Gasteiger partial charge on any atom is -0.486 e. The van der Waals surface area contributed by atoms with Crippen molar-refractivity contribution in [2.75, 3.05) is 44.5 Å². The van der Waals surface area contributed by atoms with Crippen LogP contribution in [0, 0.1) is 0 Å². The van der Waals surface area contributed by atoms with Gasteiger partial charge in [0.15, 0.2) is 11.5 Å². The highest BCUT2D eigenvalue weighted by Crippen LogP contribution is 2.37. The van der Waals surface area contributed by atoms with E-state index in [0.717, 1.165) is 5.69 Å². The van der Waals surface area contributed by atoms with E-state index in [1.807, 2.05) is 0 Å². The van der Waals surface area contributed by atoms with Crippen LogP contribution in [0.5, 0.6) is 11.5 Å². The molecule has 0 unspecified atom stereocenters. The van der Waals surface area contributed by atoms with E-state index in [1.54, 1.807) is 50.5 Å². The second-order valence-corrected chi connectivity index (χ2v) is 6.56. The SMILES string of the molecule is CN(C)C(=O)c1ccc(NCC(=O)Nc2cc3c(cc2Cl)OCCO3)cc1. The van der Waals surface area contributed by atoms with E-state index in [4.69, 9.17) is 21.1 Å². The van der Waals surface area contributed by atoms with Gasteiger partial charge in [0.1, 0.15) is 13.2 Å². The Labute approximate surface area is 162 Å². The zero-order valence-corrected chi connectivity index (χ0v) is 15.8. The number of amides is 2. The van der Waals surface area contributed by atoms with Gasteiger partial charge in [-0.15, -0.1) is 0 Å². The maximum absolute atomic E-state index is 12.2. The maximum atomic E-state index is 12.2. The summed E-state index contributed by atoms with van der Waals surface area (Å²) in [5.41, 5.74) is 1.77. The fourth-order valence-electron chi connectivity index (χ4n) is 2.53. The number of hydrogen-bond acceptors (Lipinski definition) is 5. The van der Waals surface area contributed by atoms with Crippen LogP contribution in [0.15, 0.2) is 36.4 Å². The van der Waals surface area contributed by atoms with Crippen LogP contribution in [-0.2, 0) is 4.79 Å². The van der Waals surface area contributed by atoms with Gasteiger partial charge < -0.3 is 25.0 Å². The van der Waals surface area contributed by atoms with Gasteiger partial charge in [0.05, 0.1) is 17.3 Å². The third-order valence-corrected chi connectivity index (χ3v) is 4.21. The lowest BCUT2D eigenvalue weighted by Crippen LogP contribution is -2.23. The molecule has 0 fully saturated rings. The van der Waals surface area contributed by atoms with E-state index in [0.29, 0.717) is 41.0 Å². The first-order chi connectivity index (χ1) is 12.9.